The summed E-state index contributed by atoms with van der Waals surface area (Å²) in [6.45, 7) is 5.26. The van der Waals surface area contributed by atoms with Crippen molar-refractivity contribution < 1.29 is 0 Å². The van der Waals surface area contributed by atoms with Crippen molar-refractivity contribution in [2.24, 2.45) is 5.41 Å². The Morgan fingerprint density at radius 2 is 2.27 bits per heavy atom. The van der Waals surface area contributed by atoms with E-state index in [0.29, 0.717) is 5.41 Å². The molecule has 0 bridgehead atoms. The average molecular weight is 205 g/mol. The molecular formula is C12H19N3. The minimum absolute atomic E-state index is 0.541. The van der Waals surface area contributed by atoms with Crippen molar-refractivity contribution in [3.63, 3.8) is 0 Å². The molecule has 1 fully saturated rings. The lowest BCUT2D eigenvalue weighted by atomic mass is 9.67. The molecule has 1 aliphatic rings. The highest BCUT2D eigenvalue weighted by Gasteiger charge is 2.34. The third-order valence-electron chi connectivity index (χ3n) is 3.58. The van der Waals surface area contributed by atoms with Gasteiger partial charge in [-0.1, -0.05) is 13.3 Å². The normalized spacial score (nSPS) is 18.3. The largest absolute Gasteiger partial charge is 0.369 e. The summed E-state index contributed by atoms with van der Waals surface area (Å²) in [4.78, 5) is 8.43. The highest BCUT2D eigenvalue weighted by atomic mass is 15.0. The summed E-state index contributed by atoms with van der Waals surface area (Å²) in [5, 5.41) is 3.43. The van der Waals surface area contributed by atoms with Crippen molar-refractivity contribution in [2.45, 2.75) is 39.5 Å². The van der Waals surface area contributed by atoms with Crippen LogP contribution in [0.25, 0.3) is 0 Å². The van der Waals surface area contributed by atoms with Gasteiger partial charge in [0.1, 0.15) is 11.6 Å². The molecule has 1 saturated carbocycles. The van der Waals surface area contributed by atoms with Gasteiger partial charge in [0.2, 0.25) is 0 Å². The molecule has 1 aliphatic carbocycles. The van der Waals surface area contributed by atoms with Crippen LogP contribution in [0.15, 0.2) is 12.3 Å². The molecule has 3 heteroatoms. The standard InChI is InChI=1S/C12H19N3/c1-3-12(6-4-7-12)9-14-11-5-8-13-10(2)15-11/h5,8H,3-4,6-7,9H2,1-2H3,(H,13,14,15). The lowest BCUT2D eigenvalue weighted by Crippen LogP contribution is -2.36. The zero-order chi connectivity index (χ0) is 10.7. The van der Waals surface area contributed by atoms with Gasteiger partial charge in [0, 0.05) is 12.7 Å². The molecule has 1 aromatic rings. The van der Waals surface area contributed by atoms with Gasteiger partial charge in [-0.15, -0.1) is 0 Å². The number of rotatable bonds is 4. The fourth-order valence-electron chi connectivity index (χ4n) is 2.16. The highest BCUT2D eigenvalue weighted by Crippen LogP contribution is 2.43. The van der Waals surface area contributed by atoms with Crippen molar-refractivity contribution in [3.05, 3.63) is 18.1 Å². The summed E-state index contributed by atoms with van der Waals surface area (Å²) >= 11 is 0. The van der Waals surface area contributed by atoms with Crippen LogP contribution < -0.4 is 5.32 Å². The summed E-state index contributed by atoms with van der Waals surface area (Å²) in [5.41, 5.74) is 0.541. The number of aromatic nitrogens is 2. The van der Waals surface area contributed by atoms with Crippen LogP contribution in [0.3, 0.4) is 0 Å². The van der Waals surface area contributed by atoms with E-state index in [1.165, 1.54) is 25.7 Å². The number of aryl methyl sites for hydroxylation is 1. The number of anilines is 1. The van der Waals surface area contributed by atoms with E-state index >= 15 is 0 Å². The van der Waals surface area contributed by atoms with Gasteiger partial charge in [-0.05, 0) is 37.7 Å². The summed E-state index contributed by atoms with van der Waals surface area (Å²) in [7, 11) is 0. The Kier molecular flexibility index (Phi) is 2.89. The summed E-state index contributed by atoms with van der Waals surface area (Å²) in [6, 6.07) is 1.94. The molecule has 82 valence electrons. The monoisotopic (exact) mass is 205 g/mol. The van der Waals surface area contributed by atoms with Crippen LogP contribution in [0.2, 0.25) is 0 Å². The first-order valence-corrected chi connectivity index (χ1v) is 5.78. The smallest absolute Gasteiger partial charge is 0.129 e. The third kappa shape index (κ3) is 2.28. The summed E-state index contributed by atoms with van der Waals surface area (Å²) in [6.07, 6.45) is 7.19. The van der Waals surface area contributed by atoms with E-state index in [2.05, 4.69) is 22.2 Å². The van der Waals surface area contributed by atoms with Gasteiger partial charge in [-0.2, -0.15) is 0 Å². The maximum Gasteiger partial charge on any atom is 0.129 e. The first-order chi connectivity index (χ1) is 7.24. The number of hydrogen-bond acceptors (Lipinski definition) is 3. The van der Waals surface area contributed by atoms with Crippen molar-refractivity contribution in [3.8, 4) is 0 Å². The minimum atomic E-state index is 0.541. The van der Waals surface area contributed by atoms with E-state index in [0.717, 1.165) is 18.2 Å². The molecule has 0 aromatic carbocycles. The van der Waals surface area contributed by atoms with Crippen molar-refractivity contribution in [1.29, 1.82) is 0 Å². The molecular weight excluding hydrogens is 186 g/mol. The van der Waals surface area contributed by atoms with Gasteiger partial charge in [0.25, 0.3) is 0 Å². The first kappa shape index (κ1) is 10.4. The maximum atomic E-state index is 4.35. The van der Waals surface area contributed by atoms with Crippen molar-refractivity contribution >= 4 is 5.82 Å². The quantitative estimate of drug-likeness (QED) is 0.821. The number of nitrogens with zero attached hydrogens (tertiary/aromatic N) is 2. The van der Waals surface area contributed by atoms with Gasteiger partial charge >= 0.3 is 0 Å². The lowest BCUT2D eigenvalue weighted by molar-refractivity contribution is 0.145. The van der Waals surface area contributed by atoms with E-state index < -0.39 is 0 Å². The van der Waals surface area contributed by atoms with Crippen LogP contribution in [0, 0.1) is 12.3 Å². The van der Waals surface area contributed by atoms with Gasteiger partial charge in [-0.3, -0.25) is 0 Å². The Morgan fingerprint density at radius 1 is 1.47 bits per heavy atom. The Morgan fingerprint density at radius 3 is 2.80 bits per heavy atom. The van der Waals surface area contributed by atoms with Crippen molar-refractivity contribution in [1.82, 2.24) is 9.97 Å². The maximum absolute atomic E-state index is 4.35. The van der Waals surface area contributed by atoms with E-state index in [9.17, 15) is 0 Å². The Hall–Kier alpha value is -1.12. The zero-order valence-electron chi connectivity index (χ0n) is 9.58. The van der Waals surface area contributed by atoms with Crippen LogP contribution in [-0.2, 0) is 0 Å². The highest BCUT2D eigenvalue weighted by molar-refractivity contribution is 5.33. The van der Waals surface area contributed by atoms with Crippen LogP contribution in [0.1, 0.15) is 38.4 Å². The fourth-order valence-corrected chi connectivity index (χ4v) is 2.16. The molecule has 0 atom stereocenters. The number of nitrogens with one attached hydrogen (secondary N) is 1. The Bertz CT molecular complexity index is 326. The summed E-state index contributed by atoms with van der Waals surface area (Å²) in [5.74, 6) is 1.79. The molecule has 0 aliphatic heterocycles. The second-order valence-corrected chi connectivity index (χ2v) is 4.55. The third-order valence-corrected chi connectivity index (χ3v) is 3.58. The lowest BCUT2D eigenvalue weighted by Gasteiger charge is -2.41. The molecule has 0 saturated heterocycles. The molecule has 15 heavy (non-hydrogen) atoms. The van der Waals surface area contributed by atoms with E-state index in [1.807, 2.05) is 19.2 Å². The topological polar surface area (TPSA) is 37.8 Å². The molecule has 1 aromatic heterocycles. The molecule has 0 spiro atoms. The van der Waals surface area contributed by atoms with Gasteiger partial charge in [0.05, 0.1) is 0 Å². The predicted octanol–water partition coefficient (Wildman–Crippen LogP) is 2.78. The summed E-state index contributed by atoms with van der Waals surface area (Å²) < 4.78 is 0. The van der Waals surface area contributed by atoms with Crippen LogP contribution in [-0.4, -0.2) is 16.5 Å². The van der Waals surface area contributed by atoms with Gasteiger partial charge in [0.15, 0.2) is 0 Å². The van der Waals surface area contributed by atoms with Crippen molar-refractivity contribution in [2.75, 3.05) is 11.9 Å². The predicted molar refractivity (Wildman–Crippen MR) is 61.8 cm³/mol. The number of hydrogen-bond donors (Lipinski definition) is 1. The Balaban J connectivity index is 1.92. The first-order valence-electron chi connectivity index (χ1n) is 5.78. The molecule has 1 N–H and O–H groups in total. The second kappa shape index (κ2) is 4.17. The zero-order valence-corrected chi connectivity index (χ0v) is 9.58. The van der Waals surface area contributed by atoms with Crippen LogP contribution >= 0.6 is 0 Å². The minimum Gasteiger partial charge on any atom is -0.369 e. The van der Waals surface area contributed by atoms with Gasteiger partial charge < -0.3 is 5.32 Å². The molecule has 0 radical (unpaired) electrons. The molecule has 1 heterocycles. The Labute approximate surface area is 91.3 Å². The van der Waals surface area contributed by atoms with Crippen LogP contribution in [0.4, 0.5) is 5.82 Å². The molecule has 2 rings (SSSR count). The van der Waals surface area contributed by atoms with E-state index in [-0.39, 0.29) is 0 Å². The fraction of sp³-hybridized carbons (Fsp3) is 0.667. The molecule has 0 amide bonds. The molecule has 0 unspecified atom stereocenters. The second-order valence-electron chi connectivity index (χ2n) is 4.55. The van der Waals surface area contributed by atoms with Crippen LogP contribution in [0.5, 0.6) is 0 Å². The van der Waals surface area contributed by atoms with E-state index in [1.54, 1.807) is 0 Å². The molecule has 3 nitrogen and oxygen atoms in total. The van der Waals surface area contributed by atoms with E-state index in [4.69, 9.17) is 0 Å². The average Bonchev–Trinajstić information content (AvgIpc) is 2.17. The SMILES string of the molecule is CCC1(CNc2ccnc(C)n2)CCC1. The van der Waals surface area contributed by atoms with Gasteiger partial charge in [-0.25, -0.2) is 9.97 Å².